The number of carbonyl (C=O) groups excluding carboxylic acids is 1. The largest absolute Gasteiger partial charge is 0.481 e. The minimum Gasteiger partial charge on any atom is -0.481 e. The molecule has 3 saturated carbocycles. The number of carbonyl (C=O) groups is 2. The van der Waals surface area contributed by atoms with E-state index < -0.39 is 18.0 Å². The zero-order valence-corrected chi connectivity index (χ0v) is 24.1. The minimum atomic E-state index is -0.934. The van der Waals surface area contributed by atoms with Crippen molar-refractivity contribution in [3.63, 3.8) is 0 Å². The molecule has 0 aromatic heterocycles. The Morgan fingerprint density at radius 1 is 1.05 bits per heavy atom. The van der Waals surface area contributed by atoms with Gasteiger partial charge in [-0.05, 0) is 97.7 Å². The van der Waals surface area contributed by atoms with Crippen molar-refractivity contribution < 1.29 is 19.4 Å². The van der Waals surface area contributed by atoms with Crippen LogP contribution in [0.4, 0.5) is 0 Å². The Morgan fingerprint density at radius 2 is 1.81 bits per heavy atom. The summed E-state index contributed by atoms with van der Waals surface area (Å²) in [5, 5.41) is 8.87. The molecule has 0 aromatic rings. The van der Waals surface area contributed by atoms with E-state index in [4.69, 9.17) is 15.6 Å². The average Bonchev–Trinajstić information content (AvgIpc) is 3.19. The smallest absolute Gasteiger partial charge is 0.323 e. The molecule has 0 spiro atoms. The van der Waals surface area contributed by atoms with Crippen LogP contribution in [0.15, 0.2) is 11.6 Å². The summed E-state index contributed by atoms with van der Waals surface area (Å²) in [4.78, 5) is 23.3. The van der Waals surface area contributed by atoms with Gasteiger partial charge in [-0.2, -0.15) is 0 Å². The molecule has 4 unspecified atom stereocenters. The summed E-state index contributed by atoms with van der Waals surface area (Å²) in [5.41, 5.74) is 8.13. The fourth-order valence-corrected chi connectivity index (χ4v) is 9.40. The Morgan fingerprint density at radius 3 is 2.51 bits per heavy atom. The first-order chi connectivity index (χ1) is 17.5. The predicted molar refractivity (Wildman–Crippen MR) is 148 cm³/mol. The van der Waals surface area contributed by atoms with E-state index in [1.54, 1.807) is 0 Å². The Balaban J connectivity index is 1.39. The van der Waals surface area contributed by atoms with Gasteiger partial charge in [-0.25, -0.2) is 0 Å². The highest BCUT2D eigenvalue weighted by Crippen LogP contribution is 2.67. The van der Waals surface area contributed by atoms with Crippen molar-refractivity contribution >= 4 is 11.9 Å². The number of carboxylic acid groups (broad SMARTS) is 1. The molecule has 0 heterocycles. The lowest BCUT2D eigenvalue weighted by Crippen LogP contribution is -2.51. The molecule has 4 aliphatic rings. The quantitative estimate of drug-likeness (QED) is 0.238. The lowest BCUT2D eigenvalue weighted by Gasteiger charge is -2.58. The average molecular weight is 516 g/mol. The molecule has 37 heavy (non-hydrogen) atoms. The molecule has 9 atom stereocenters. The van der Waals surface area contributed by atoms with Crippen LogP contribution in [-0.2, 0) is 14.3 Å². The van der Waals surface area contributed by atoms with E-state index in [1.165, 1.54) is 56.9 Å². The van der Waals surface area contributed by atoms with Crippen LogP contribution in [0.2, 0.25) is 0 Å². The van der Waals surface area contributed by atoms with E-state index in [-0.39, 0.29) is 24.4 Å². The van der Waals surface area contributed by atoms with Gasteiger partial charge in [0.25, 0.3) is 0 Å². The van der Waals surface area contributed by atoms with Crippen molar-refractivity contribution in [2.75, 3.05) is 0 Å². The molecule has 5 nitrogen and oxygen atoms in total. The third-order valence-corrected chi connectivity index (χ3v) is 11.5. The first-order valence-electron chi connectivity index (χ1n) is 15.3. The third-order valence-electron chi connectivity index (χ3n) is 11.5. The molecule has 0 amide bonds. The number of fused-ring (bicyclic) bond motifs is 5. The SMILES string of the molecule is CC(C)CCC[C@@H](C)[C@H]1CCC2C3CC=C4CC(OC(=O)[C@@H](N)CCC(=O)O)CC[C@]4(C)C3CC[C@@]21C. The van der Waals surface area contributed by atoms with E-state index in [2.05, 4.69) is 40.7 Å². The van der Waals surface area contributed by atoms with Gasteiger partial charge in [0, 0.05) is 12.8 Å². The summed E-state index contributed by atoms with van der Waals surface area (Å²) in [7, 11) is 0. The maximum absolute atomic E-state index is 12.5. The van der Waals surface area contributed by atoms with Crippen LogP contribution in [0.3, 0.4) is 0 Å². The number of rotatable bonds is 10. The minimum absolute atomic E-state index is 0.106. The highest BCUT2D eigenvalue weighted by atomic mass is 16.5. The topological polar surface area (TPSA) is 89.6 Å². The summed E-state index contributed by atoms with van der Waals surface area (Å²) in [6, 6.07) is -0.853. The first kappa shape index (κ1) is 28.6. The zero-order chi connectivity index (χ0) is 27.0. The van der Waals surface area contributed by atoms with Gasteiger partial charge in [0.1, 0.15) is 12.1 Å². The molecular weight excluding hydrogens is 462 g/mol. The Hall–Kier alpha value is -1.36. The summed E-state index contributed by atoms with van der Waals surface area (Å²) in [6.45, 7) is 12.4. The number of esters is 1. The van der Waals surface area contributed by atoms with Gasteiger partial charge in [0.15, 0.2) is 0 Å². The van der Waals surface area contributed by atoms with Crippen LogP contribution in [-0.4, -0.2) is 29.2 Å². The van der Waals surface area contributed by atoms with Gasteiger partial charge in [-0.1, -0.05) is 65.5 Å². The highest BCUT2D eigenvalue weighted by Gasteiger charge is 2.59. The van der Waals surface area contributed by atoms with Crippen molar-refractivity contribution in [1.29, 1.82) is 0 Å². The van der Waals surface area contributed by atoms with Crippen molar-refractivity contribution in [3.8, 4) is 0 Å². The van der Waals surface area contributed by atoms with Crippen LogP contribution in [0.25, 0.3) is 0 Å². The molecular formula is C32H53NO4. The number of hydrogen-bond donors (Lipinski definition) is 2. The second kappa shape index (κ2) is 11.4. The molecule has 3 fully saturated rings. The van der Waals surface area contributed by atoms with Crippen LogP contribution in [0, 0.1) is 46.3 Å². The van der Waals surface area contributed by atoms with Crippen molar-refractivity contribution in [1.82, 2.24) is 0 Å². The molecule has 3 N–H and O–H groups in total. The monoisotopic (exact) mass is 515 g/mol. The Kier molecular flexibility index (Phi) is 8.83. The van der Waals surface area contributed by atoms with Crippen LogP contribution >= 0.6 is 0 Å². The van der Waals surface area contributed by atoms with Gasteiger partial charge in [-0.3, -0.25) is 9.59 Å². The van der Waals surface area contributed by atoms with Crippen molar-refractivity contribution in [2.24, 2.45) is 52.1 Å². The van der Waals surface area contributed by atoms with E-state index in [9.17, 15) is 9.59 Å². The molecule has 0 radical (unpaired) electrons. The summed E-state index contributed by atoms with van der Waals surface area (Å²) >= 11 is 0. The van der Waals surface area contributed by atoms with Gasteiger partial charge in [0.05, 0.1) is 0 Å². The molecule has 0 saturated heterocycles. The zero-order valence-electron chi connectivity index (χ0n) is 24.1. The normalized spacial score (nSPS) is 38.7. The molecule has 0 bridgehead atoms. The number of aliphatic carboxylic acids is 1. The highest BCUT2D eigenvalue weighted by molar-refractivity contribution is 5.76. The number of nitrogens with two attached hydrogens (primary N) is 1. The van der Waals surface area contributed by atoms with Crippen molar-refractivity contribution in [3.05, 3.63) is 11.6 Å². The number of allylic oxidation sites excluding steroid dienone is 1. The lowest BCUT2D eigenvalue weighted by molar-refractivity contribution is -0.153. The number of carboxylic acids is 1. The van der Waals surface area contributed by atoms with Crippen molar-refractivity contribution in [2.45, 2.75) is 130 Å². The summed E-state index contributed by atoms with van der Waals surface area (Å²) in [6.07, 6.45) is 16.0. The lowest BCUT2D eigenvalue weighted by atomic mass is 9.47. The van der Waals surface area contributed by atoms with E-state index in [0.29, 0.717) is 5.41 Å². The van der Waals surface area contributed by atoms with E-state index in [0.717, 1.165) is 54.8 Å². The standard InChI is InChI=1S/C32H53NO4/c1-20(2)7-6-8-21(3)25-11-12-26-24-10-9-22-19-23(37-30(36)28(33)13-14-29(34)35)15-17-31(22,4)27(24)16-18-32(25,26)5/h9,20-21,23-28H,6-8,10-19,33H2,1-5H3,(H,34,35)/t21-,23?,24?,25-,26?,27?,28+,31+,32-/m1/s1. The Bertz CT molecular complexity index is 867. The summed E-state index contributed by atoms with van der Waals surface area (Å²) < 4.78 is 5.79. The predicted octanol–water partition coefficient (Wildman–Crippen LogP) is 7.13. The Labute approximate surface area is 225 Å². The third kappa shape index (κ3) is 5.82. The van der Waals surface area contributed by atoms with Crippen LogP contribution in [0.5, 0.6) is 0 Å². The van der Waals surface area contributed by atoms with Gasteiger partial charge >= 0.3 is 11.9 Å². The fraction of sp³-hybridized carbons (Fsp3) is 0.875. The number of hydrogen-bond acceptors (Lipinski definition) is 4. The second-order valence-corrected chi connectivity index (χ2v) is 14.1. The fourth-order valence-electron chi connectivity index (χ4n) is 9.40. The molecule has 4 aliphatic carbocycles. The maximum Gasteiger partial charge on any atom is 0.323 e. The molecule has 210 valence electrons. The molecule has 0 aliphatic heterocycles. The molecule has 0 aromatic carbocycles. The van der Waals surface area contributed by atoms with Crippen LogP contribution in [0.1, 0.15) is 118 Å². The molecule has 4 rings (SSSR count). The summed E-state index contributed by atoms with van der Waals surface area (Å²) in [5.74, 6) is 3.53. The first-order valence-corrected chi connectivity index (χ1v) is 15.3. The van der Waals surface area contributed by atoms with Crippen LogP contribution < -0.4 is 5.73 Å². The van der Waals surface area contributed by atoms with Gasteiger partial charge in [0.2, 0.25) is 0 Å². The number of ether oxygens (including phenoxy) is 1. The maximum atomic E-state index is 12.5. The van der Waals surface area contributed by atoms with Gasteiger partial charge < -0.3 is 15.6 Å². The second-order valence-electron chi connectivity index (χ2n) is 14.1. The van der Waals surface area contributed by atoms with Gasteiger partial charge in [-0.15, -0.1) is 0 Å². The van der Waals surface area contributed by atoms with E-state index >= 15 is 0 Å². The van der Waals surface area contributed by atoms with E-state index in [1.807, 2.05) is 0 Å². The molecule has 5 heteroatoms.